The van der Waals surface area contributed by atoms with Crippen LogP contribution in [0.4, 0.5) is 0 Å². The van der Waals surface area contributed by atoms with Gasteiger partial charge in [-0.05, 0) is 43.9 Å². The molecule has 0 unspecified atom stereocenters. The van der Waals surface area contributed by atoms with Crippen LogP contribution >= 0.6 is 12.6 Å². The van der Waals surface area contributed by atoms with Crippen LogP contribution in [0.1, 0.15) is 25.7 Å². The first kappa shape index (κ1) is 11.7. The molecule has 1 aliphatic heterocycles. The summed E-state index contributed by atoms with van der Waals surface area (Å²) < 4.78 is 0. The normalized spacial score (nSPS) is 24.6. The minimum Gasteiger partial charge on any atom is -0.301 e. The summed E-state index contributed by atoms with van der Waals surface area (Å²) in [7, 11) is 0. The minimum atomic E-state index is 1.04. The highest BCUT2D eigenvalue weighted by atomic mass is 32.1. The zero-order valence-corrected chi connectivity index (χ0v) is 10.6. The van der Waals surface area contributed by atoms with E-state index in [4.69, 9.17) is 0 Å². The molecule has 2 aliphatic rings. The predicted molar refractivity (Wildman–Crippen MR) is 68.7 cm³/mol. The summed E-state index contributed by atoms with van der Waals surface area (Å²) in [6.07, 6.45) is 5.57. The Hall–Kier alpha value is 0.270. The zero-order valence-electron chi connectivity index (χ0n) is 9.70. The summed E-state index contributed by atoms with van der Waals surface area (Å²) in [6.45, 7) is 7.86. The quantitative estimate of drug-likeness (QED) is 0.546. The molecule has 1 saturated carbocycles. The zero-order chi connectivity index (χ0) is 10.5. The summed E-state index contributed by atoms with van der Waals surface area (Å²) in [5, 5.41) is 0. The molecule has 0 aromatic carbocycles. The summed E-state index contributed by atoms with van der Waals surface area (Å²) >= 11 is 4.25. The van der Waals surface area contributed by atoms with Crippen molar-refractivity contribution in [1.82, 2.24) is 9.80 Å². The van der Waals surface area contributed by atoms with Gasteiger partial charge in [-0.2, -0.15) is 12.6 Å². The van der Waals surface area contributed by atoms with Gasteiger partial charge in [-0.1, -0.05) is 0 Å². The molecule has 15 heavy (non-hydrogen) atoms. The lowest BCUT2D eigenvalue weighted by atomic mass is 10.2. The van der Waals surface area contributed by atoms with Crippen molar-refractivity contribution in [2.24, 2.45) is 5.92 Å². The van der Waals surface area contributed by atoms with Crippen LogP contribution in [-0.2, 0) is 0 Å². The molecule has 1 saturated heterocycles. The lowest BCUT2D eigenvalue weighted by Gasteiger charge is -2.34. The van der Waals surface area contributed by atoms with Crippen LogP contribution in [0, 0.1) is 5.92 Å². The van der Waals surface area contributed by atoms with Gasteiger partial charge in [0.15, 0.2) is 0 Å². The fourth-order valence-corrected chi connectivity index (χ4v) is 2.53. The van der Waals surface area contributed by atoms with Gasteiger partial charge in [-0.3, -0.25) is 0 Å². The van der Waals surface area contributed by atoms with Crippen molar-refractivity contribution in [3.8, 4) is 0 Å². The van der Waals surface area contributed by atoms with Crippen molar-refractivity contribution in [3.63, 3.8) is 0 Å². The van der Waals surface area contributed by atoms with E-state index in [2.05, 4.69) is 22.4 Å². The molecule has 1 heterocycles. The second-order valence-electron chi connectivity index (χ2n) is 5.02. The Balaban J connectivity index is 1.54. The van der Waals surface area contributed by atoms with E-state index in [1.807, 2.05) is 0 Å². The minimum absolute atomic E-state index is 1.04. The molecule has 0 radical (unpaired) electrons. The molecule has 0 aromatic rings. The first-order chi connectivity index (χ1) is 7.38. The number of unbranched alkanes of at least 4 members (excludes halogenated alkanes) is 1. The van der Waals surface area contributed by atoms with Crippen molar-refractivity contribution in [1.29, 1.82) is 0 Å². The molecule has 3 heteroatoms. The first-order valence-electron chi connectivity index (χ1n) is 6.44. The van der Waals surface area contributed by atoms with Crippen LogP contribution in [0.5, 0.6) is 0 Å². The Labute approximate surface area is 99.4 Å². The van der Waals surface area contributed by atoms with Crippen molar-refractivity contribution in [2.75, 3.05) is 45.0 Å². The van der Waals surface area contributed by atoms with Crippen molar-refractivity contribution >= 4 is 12.6 Å². The van der Waals surface area contributed by atoms with E-state index in [9.17, 15) is 0 Å². The van der Waals surface area contributed by atoms with Gasteiger partial charge in [-0.15, -0.1) is 0 Å². The summed E-state index contributed by atoms with van der Waals surface area (Å²) in [6, 6.07) is 0. The molecule has 1 aliphatic carbocycles. The smallest absolute Gasteiger partial charge is 0.0110 e. The largest absolute Gasteiger partial charge is 0.301 e. The maximum absolute atomic E-state index is 4.25. The number of nitrogens with zero attached hydrogens (tertiary/aromatic N) is 2. The van der Waals surface area contributed by atoms with Gasteiger partial charge < -0.3 is 9.80 Å². The van der Waals surface area contributed by atoms with E-state index >= 15 is 0 Å². The van der Waals surface area contributed by atoms with Gasteiger partial charge in [-0.25, -0.2) is 0 Å². The van der Waals surface area contributed by atoms with Crippen LogP contribution in [-0.4, -0.2) is 54.8 Å². The molecular weight excluding hydrogens is 204 g/mol. The Morgan fingerprint density at radius 3 is 2.20 bits per heavy atom. The number of piperazine rings is 1. The van der Waals surface area contributed by atoms with E-state index in [1.165, 1.54) is 65.0 Å². The van der Waals surface area contributed by atoms with E-state index in [-0.39, 0.29) is 0 Å². The highest BCUT2D eigenvalue weighted by Crippen LogP contribution is 2.29. The third kappa shape index (κ3) is 4.33. The molecule has 2 nitrogen and oxygen atoms in total. The van der Waals surface area contributed by atoms with Gasteiger partial charge >= 0.3 is 0 Å². The summed E-state index contributed by atoms with van der Waals surface area (Å²) in [4.78, 5) is 5.28. The molecule has 2 rings (SSSR count). The highest BCUT2D eigenvalue weighted by molar-refractivity contribution is 7.80. The SMILES string of the molecule is SCCCCN1CCN(CC2CC2)CC1. The molecular formula is C12H24N2S. The van der Waals surface area contributed by atoms with Crippen LogP contribution < -0.4 is 0 Å². The van der Waals surface area contributed by atoms with Gasteiger partial charge in [0.25, 0.3) is 0 Å². The van der Waals surface area contributed by atoms with Crippen molar-refractivity contribution in [3.05, 3.63) is 0 Å². The fraction of sp³-hybridized carbons (Fsp3) is 1.00. The van der Waals surface area contributed by atoms with Crippen LogP contribution in [0.15, 0.2) is 0 Å². The Morgan fingerprint density at radius 1 is 0.933 bits per heavy atom. The monoisotopic (exact) mass is 228 g/mol. The molecule has 0 N–H and O–H groups in total. The lowest BCUT2D eigenvalue weighted by molar-refractivity contribution is 0.127. The second kappa shape index (κ2) is 6.12. The van der Waals surface area contributed by atoms with E-state index in [0.29, 0.717) is 0 Å². The van der Waals surface area contributed by atoms with Gasteiger partial charge in [0.1, 0.15) is 0 Å². The number of hydrogen-bond donors (Lipinski definition) is 1. The number of rotatable bonds is 6. The van der Waals surface area contributed by atoms with E-state index in [1.54, 1.807) is 0 Å². The number of hydrogen-bond acceptors (Lipinski definition) is 3. The standard InChI is InChI=1S/C12H24N2S/c15-10-2-1-5-13-6-8-14(9-7-13)11-12-3-4-12/h12,15H,1-11H2. The van der Waals surface area contributed by atoms with Crippen LogP contribution in [0.25, 0.3) is 0 Å². The molecule has 0 atom stereocenters. The van der Waals surface area contributed by atoms with Crippen LogP contribution in [0.2, 0.25) is 0 Å². The summed E-state index contributed by atoms with van der Waals surface area (Å²) in [5.41, 5.74) is 0. The fourth-order valence-electron chi connectivity index (χ4n) is 2.31. The molecule has 0 spiro atoms. The van der Waals surface area contributed by atoms with Crippen molar-refractivity contribution in [2.45, 2.75) is 25.7 Å². The Kier molecular flexibility index (Phi) is 4.79. The van der Waals surface area contributed by atoms with Gasteiger partial charge in [0.2, 0.25) is 0 Å². The average molecular weight is 228 g/mol. The molecule has 0 aromatic heterocycles. The Morgan fingerprint density at radius 2 is 1.60 bits per heavy atom. The van der Waals surface area contributed by atoms with Crippen molar-refractivity contribution < 1.29 is 0 Å². The maximum atomic E-state index is 4.25. The topological polar surface area (TPSA) is 6.48 Å². The highest BCUT2D eigenvalue weighted by Gasteiger charge is 2.25. The van der Waals surface area contributed by atoms with Crippen LogP contribution in [0.3, 0.4) is 0 Å². The third-order valence-corrected chi connectivity index (χ3v) is 3.88. The molecule has 2 fully saturated rings. The van der Waals surface area contributed by atoms with E-state index in [0.717, 1.165) is 11.7 Å². The maximum Gasteiger partial charge on any atom is 0.0110 e. The van der Waals surface area contributed by atoms with E-state index < -0.39 is 0 Å². The average Bonchev–Trinajstić information content (AvgIpc) is 3.05. The predicted octanol–water partition coefficient (Wildman–Crippen LogP) is 1.72. The summed E-state index contributed by atoms with van der Waals surface area (Å²) in [5.74, 6) is 2.10. The lowest BCUT2D eigenvalue weighted by Crippen LogP contribution is -2.47. The second-order valence-corrected chi connectivity index (χ2v) is 5.46. The molecule has 0 amide bonds. The third-order valence-electron chi connectivity index (χ3n) is 3.56. The van der Waals surface area contributed by atoms with Gasteiger partial charge in [0.05, 0.1) is 0 Å². The first-order valence-corrected chi connectivity index (χ1v) is 7.07. The molecule has 0 bridgehead atoms. The molecule has 88 valence electrons. The number of thiol groups is 1. The van der Waals surface area contributed by atoms with Gasteiger partial charge in [0, 0.05) is 32.7 Å². The Bertz CT molecular complexity index is 174.